The van der Waals surface area contributed by atoms with E-state index in [4.69, 9.17) is 9.26 Å². The minimum Gasteiger partial charge on any atom is -0.381 e. The van der Waals surface area contributed by atoms with E-state index < -0.39 is 0 Å². The maximum atomic E-state index is 5.58. The molecule has 0 aliphatic carbocycles. The van der Waals surface area contributed by atoms with Crippen LogP contribution in [0, 0.1) is 0 Å². The van der Waals surface area contributed by atoms with Crippen molar-refractivity contribution in [1.82, 2.24) is 25.2 Å². The van der Waals surface area contributed by atoms with Crippen LogP contribution in [0.1, 0.15) is 31.6 Å². The molecule has 0 spiro atoms. The van der Waals surface area contributed by atoms with E-state index in [0.717, 1.165) is 31.7 Å². The molecule has 2 unspecified atom stereocenters. The van der Waals surface area contributed by atoms with E-state index in [9.17, 15) is 0 Å². The van der Waals surface area contributed by atoms with Gasteiger partial charge in [0.2, 0.25) is 11.7 Å². The van der Waals surface area contributed by atoms with Crippen LogP contribution < -0.4 is 5.32 Å². The first-order chi connectivity index (χ1) is 10.3. The molecular formula is C14H21N5O2. The van der Waals surface area contributed by atoms with Crippen LogP contribution in [0.15, 0.2) is 16.8 Å². The van der Waals surface area contributed by atoms with Crippen LogP contribution in [0.5, 0.6) is 0 Å². The zero-order valence-electron chi connectivity index (χ0n) is 12.5. The molecule has 2 atom stereocenters. The Morgan fingerprint density at radius 2 is 2.38 bits per heavy atom. The van der Waals surface area contributed by atoms with Gasteiger partial charge < -0.3 is 14.6 Å². The summed E-state index contributed by atoms with van der Waals surface area (Å²) in [6, 6.07) is 2.20. The van der Waals surface area contributed by atoms with Crippen molar-refractivity contribution >= 4 is 0 Å². The molecule has 3 heterocycles. The molecule has 0 amide bonds. The summed E-state index contributed by atoms with van der Waals surface area (Å²) in [5.41, 5.74) is 0.724. The van der Waals surface area contributed by atoms with E-state index in [0.29, 0.717) is 24.4 Å². The summed E-state index contributed by atoms with van der Waals surface area (Å²) in [6.45, 7) is 4.54. The Labute approximate surface area is 123 Å². The second-order valence-corrected chi connectivity index (χ2v) is 5.36. The highest BCUT2D eigenvalue weighted by molar-refractivity contribution is 5.46. The van der Waals surface area contributed by atoms with Gasteiger partial charge in [-0.3, -0.25) is 4.68 Å². The third-order valence-electron chi connectivity index (χ3n) is 3.71. The summed E-state index contributed by atoms with van der Waals surface area (Å²) in [5.74, 6) is 1.27. The molecule has 0 aromatic carbocycles. The Bertz CT molecular complexity index is 579. The molecule has 1 aliphatic rings. The monoisotopic (exact) mass is 291 g/mol. The molecule has 7 nitrogen and oxygen atoms in total. The highest BCUT2D eigenvalue weighted by Crippen LogP contribution is 2.26. The maximum absolute atomic E-state index is 5.58. The average Bonchev–Trinajstić information content (AvgIpc) is 3.14. The fourth-order valence-corrected chi connectivity index (χ4v) is 2.58. The third kappa shape index (κ3) is 3.14. The number of nitrogens with one attached hydrogen (secondary N) is 1. The van der Waals surface area contributed by atoms with Crippen LogP contribution in [-0.4, -0.2) is 45.7 Å². The van der Waals surface area contributed by atoms with Crippen molar-refractivity contribution in [3.63, 3.8) is 0 Å². The normalized spacial score (nSPS) is 22.6. The van der Waals surface area contributed by atoms with Gasteiger partial charge in [-0.25, -0.2) is 0 Å². The second kappa shape index (κ2) is 6.36. The lowest BCUT2D eigenvalue weighted by Gasteiger charge is -2.29. The average molecular weight is 291 g/mol. The molecule has 1 fully saturated rings. The first-order valence-electron chi connectivity index (χ1n) is 7.42. The largest absolute Gasteiger partial charge is 0.381 e. The van der Waals surface area contributed by atoms with Gasteiger partial charge >= 0.3 is 0 Å². The smallest absolute Gasteiger partial charge is 0.234 e. The van der Waals surface area contributed by atoms with Crippen molar-refractivity contribution in [3.8, 4) is 11.5 Å². The Morgan fingerprint density at radius 1 is 1.48 bits per heavy atom. The highest BCUT2D eigenvalue weighted by atomic mass is 16.5. The minimum absolute atomic E-state index is 0.107. The van der Waals surface area contributed by atoms with Crippen molar-refractivity contribution in [2.45, 2.75) is 31.7 Å². The molecular weight excluding hydrogens is 270 g/mol. The lowest BCUT2D eigenvalue weighted by Crippen LogP contribution is -2.41. The first kappa shape index (κ1) is 14.2. The van der Waals surface area contributed by atoms with Gasteiger partial charge in [0, 0.05) is 25.9 Å². The summed E-state index contributed by atoms with van der Waals surface area (Å²) >= 11 is 0. The lowest BCUT2D eigenvalue weighted by atomic mass is 9.95. The van der Waals surface area contributed by atoms with E-state index in [-0.39, 0.29) is 5.92 Å². The van der Waals surface area contributed by atoms with Crippen molar-refractivity contribution in [2.24, 2.45) is 7.05 Å². The number of aryl methyl sites for hydroxylation is 1. The van der Waals surface area contributed by atoms with Crippen LogP contribution in [0.3, 0.4) is 0 Å². The van der Waals surface area contributed by atoms with E-state index in [2.05, 4.69) is 27.5 Å². The van der Waals surface area contributed by atoms with Crippen molar-refractivity contribution < 1.29 is 9.26 Å². The van der Waals surface area contributed by atoms with Crippen molar-refractivity contribution in [2.75, 3.05) is 19.8 Å². The Morgan fingerprint density at radius 3 is 3.14 bits per heavy atom. The molecule has 7 heteroatoms. The summed E-state index contributed by atoms with van der Waals surface area (Å²) in [5, 5.41) is 11.9. The molecule has 1 saturated heterocycles. The van der Waals surface area contributed by atoms with Gasteiger partial charge in [0.25, 0.3) is 0 Å². The highest BCUT2D eigenvalue weighted by Gasteiger charge is 2.31. The summed E-state index contributed by atoms with van der Waals surface area (Å²) in [7, 11) is 1.87. The lowest BCUT2D eigenvalue weighted by molar-refractivity contribution is 0.0498. The summed E-state index contributed by atoms with van der Waals surface area (Å²) in [4.78, 5) is 4.50. The van der Waals surface area contributed by atoms with Gasteiger partial charge in [0.05, 0.1) is 12.5 Å². The molecule has 3 rings (SSSR count). The van der Waals surface area contributed by atoms with Crippen LogP contribution in [0.4, 0.5) is 0 Å². The van der Waals surface area contributed by atoms with Gasteiger partial charge in [-0.2, -0.15) is 10.1 Å². The van der Waals surface area contributed by atoms with Gasteiger partial charge in [-0.05, 0) is 25.5 Å². The molecule has 2 aromatic heterocycles. The number of hydrogen-bond acceptors (Lipinski definition) is 6. The maximum Gasteiger partial charge on any atom is 0.234 e. The minimum atomic E-state index is 0.107. The van der Waals surface area contributed by atoms with Gasteiger partial charge in [-0.1, -0.05) is 12.1 Å². The van der Waals surface area contributed by atoms with E-state index >= 15 is 0 Å². The SMILES string of the molecule is CCCNC1CCOCC1c1nc(-c2ccn(C)n2)no1. The zero-order valence-corrected chi connectivity index (χ0v) is 12.5. The standard InChI is InChI=1S/C14H21N5O2/c1-3-6-15-11-5-8-20-9-10(11)14-16-13(18-21-14)12-4-7-19(2)17-12/h4,7,10-11,15H,3,5-6,8-9H2,1-2H3. The van der Waals surface area contributed by atoms with Gasteiger partial charge in [-0.15, -0.1) is 0 Å². The van der Waals surface area contributed by atoms with Gasteiger partial charge in [0.15, 0.2) is 0 Å². The molecule has 0 bridgehead atoms. The second-order valence-electron chi connectivity index (χ2n) is 5.36. The fourth-order valence-electron chi connectivity index (χ4n) is 2.58. The summed E-state index contributed by atoms with van der Waals surface area (Å²) in [6.07, 6.45) is 3.93. The number of ether oxygens (including phenoxy) is 1. The molecule has 2 aromatic rings. The number of hydrogen-bond donors (Lipinski definition) is 1. The molecule has 1 N–H and O–H groups in total. The molecule has 0 saturated carbocycles. The Hall–Kier alpha value is -1.73. The third-order valence-corrected chi connectivity index (χ3v) is 3.71. The molecule has 114 valence electrons. The number of rotatable bonds is 5. The zero-order chi connectivity index (χ0) is 14.7. The fraction of sp³-hybridized carbons (Fsp3) is 0.643. The first-order valence-corrected chi connectivity index (χ1v) is 7.42. The molecule has 0 radical (unpaired) electrons. The van der Waals surface area contributed by atoms with Crippen molar-refractivity contribution in [3.05, 3.63) is 18.2 Å². The van der Waals surface area contributed by atoms with Crippen molar-refractivity contribution in [1.29, 1.82) is 0 Å². The van der Waals surface area contributed by atoms with Gasteiger partial charge in [0.1, 0.15) is 5.69 Å². The topological polar surface area (TPSA) is 78.0 Å². The van der Waals surface area contributed by atoms with Crippen LogP contribution in [0.2, 0.25) is 0 Å². The van der Waals surface area contributed by atoms with Crippen LogP contribution in [0.25, 0.3) is 11.5 Å². The molecule has 21 heavy (non-hydrogen) atoms. The predicted octanol–water partition coefficient (Wildman–Crippen LogP) is 1.34. The van der Waals surface area contributed by atoms with E-state index in [1.165, 1.54) is 0 Å². The van der Waals surface area contributed by atoms with Crippen LogP contribution >= 0.6 is 0 Å². The Balaban J connectivity index is 1.77. The predicted molar refractivity (Wildman–Crippen MR) is 76.8 cm³/mol. The number of nitrogens with zero attached hydrogens (tertiary/aromatic N) is 4. The Kier molecular flexibility index (Phi) is 4.31. The van der Waals surface area contributed by atoms with Crippen LogP contribution in [-0.2, 0) is 11.8 Å². The number of aromatic nitrogens is 4. The summed E-state index contributed by atoms with van der Waals surface area (Å²) < 4.78 is 12.7. The van der Waals surface area contributed by atoms with E-state index in [1.54, 1.807) is 4.68 Å². The van der Waals surface area contributed by atoms with E-state index in [1.807, 2.05) is 19.3 Å². The quantitative estimate of drug-likeness (QED) is 0.895. The molecule has 1 aliphatic heterocycles.